The van der Waals surface area contributed by atoms with Gasteiger partial charge in [0.05, 0.1) is 6.04 Å². The molecule has 0 aromatic carbocycles. The fraction of sp³-hybridized carbons (Fsp3) is 0.786. The zero-order valence-electron chi connectivity index (χ0n) is 12.0. The van der Waals surface area contributed by atoms with Gasteiger partial charge in [-0.15, -0.1) is 0 Å². The van der Waals surface area contributed by atoms with E-state index in [2.05, 4.69) is 5.32 Å². The molecular formula is C14H22N2O5. The van der Waals surface area contributed by atoms with Crippen LogP contribution >= 0.6 is 0 Å². The third kappa shape index (κ3) is 4.17. The molecule has 1 amide bonds. The molecule has 7 heteroatoms. The lowest BCUT2D eigenvalue weighted by Gasteiger charge is -2.40. The first kappa shape index (κ1) is 15.8. The standard InChI is InChI=1S/C14H22N2O5/c17-12(18)7-16(8-13(19)20)14(21)11-6-5-9-3-1-2-4-10(9)15-11/h9-11,15H,1-8H2,(H,17,18)(H,19,20). The molecule has 3 N–H and O–H groups in total. The van der Waals surface area contributed by atoms with Crippen LogP contribution in [0, 0.1) is 5.92 Å². The Hall–Kier alpha value is -1.63. The largest absolute Gasteiger partial charge is 0.480 e. The van der Waals surface area contributed by atoms with Crippen LogP contribution in [0.4, 0.5) is 0 Å². The number of carboxylic acid groups (broad SMARTS) is 2. The maximum atomic E-state index is 12.4. The van der Waals surface area contributed by atoms with Gasteiger partial charge in [-0.3, -0.25) is 14.4 Å². The summed E-state index contributed by atoms with van der Waals surface area (Å²) in [5, 5.41) is 21.0. The second kappa shape index (κ2) is 6.89. The number of aliphatic carboxylic acids is 2. The van der Waals surface area contributed by atoms with Crippen molar-refractivity contribution in [3.63, 3.8) is 0 Å². The van der Waals surface area contributed by atoms with Crippen LogP contribution < -0.4 is 5.32 Å². The zero-order chi connectivity index (χ0) is 15.4. The quantitative estimate of drug-likeness (QED) is 0.673. The Labute approximate surface area is 123 Å². The Morgan fingerprint density at radius 1 is 0.952 bits per heavy atom. The van der Waals surface area contributed by atoms with Gasteiger partial charge in [-0.1, -0.05) is 12.8 Å². The lowest BCUT2D eigenvalue weighted by atomic mass is 9.77. The van der Waals surface area contributed by atoms with Crippen molar-refractivity contribution in [2.75, 3.05) is 13.1 Å². The monoisotopic (exact) mass is 298 g/mol. The molecule has 7 nitrogen and oxygen atoms in total. The fourth-order valence-electron chi connectivity index (χ4n) is 3.45. The van der Waals surface area contributed by atoms with Gasteiger partial charge in [-0.05, 0) is 31.6 Å². The van der Waals surface area contributed by atoms with E-state index in [1.54, 1.807) is 0 Å². The van der Waals surface area contributed by atoms with Gasteiger partial charge in [0, 0.05) is 6.04 Å². The molecule has 2 fully saturated rings. The number of carbonyl (C=O) groups excluding carboxylic acids is 1. The Bertz CT molecular complexity index is 410. The van der Waals surface area contributed by atoms with Crippen LogP contribution in [0.5, 0.6) is 0 Å². The molecule has 3 atom stereocenters. The van der Waals surface area contributed by atoms with Crippen molar-refractivity contribution in [2.45, 2.75) is 50.6 Å². The minimum absolute atomic E-state index is 0.304. The Kier molecular flexibility index (Phi) is 5.17. The number of carboxylic acids is 2. The summed E-state index contributed by atoms with van der Waals surface area (Å²) in [7, 11) is 0. The van der Waals surface area contributed by atoms with Gasteiger partial charge in [0.15, 0.2) is 0 Å². The first-order valence-corrected chi connectivity index (χ1v) is 7.46. The SMILES string of the molecule is O=C(O)CN(CC(=O)O)C(=O)C1CCC2CCCCC2N1. The van der Waals surface area contributed by atoms with E-state index in [-0.39, 0.29) is 0 Å². The van der Waals surface area contributed by atoms with Crippen LogP contribution in [0.15, 0.2) is 0 Å². The number of fused-ring (bicyclic) bond motifs is 1. The number of hydrogen-bond donors (Lipinski definition) is 3. The van der Waals surface area contributed by atoms with Gasteiger partial charge in [-0.25, -0.2) is 0 Å². The average Bonchev–Trinajstić information content (AvgIpc) is 2.44. The van der Waals surface area contributed by atoms with Gasteiger partial charge >= 0.3 is 11.9 Å². The number of rotatable bonds is 5. The Balaban J connectivity index is 1.99. The molecule has 1 heterocycles. The molecule has 0 aromatic rings. The number of carbonyl (C=O) groups is 3. The highest BCUT2D eigenvalue weighted by molar-refractivity contribution is 5.88. The van der Waals surface area contributed by atoms with Gasteiger partial charge in [0.1, 0.15) is 13.1 Å². The van der Waals surface area contributed by atoms with Gasteiger partial charge in [-0.2, -0.15) is 0 Å². The molecular weight excluding hydrogens is 276 g/mol. The number of hydrogen-bond acceptors (Lipinski definition) is 4. The highest BCUT2D eigenvalue weighted by atomic mass is 16.4. The summed E-state index contributed by atoms with van der Waals surface area (Å²) in [6.07, 6.45) is 6.17. The minimum atomic E-state index is -1.20. The van der Waals surface area contributed by atoms with Gasteiger partial charge < -0.3 is 20.4 Å². The van der Waals surface area contributed by atoms with E-state index in [4.69, 9.17) is 10.2 Å². The molecule has 0 radical (unpaired) electrons. The topological polar surface area (TPSA) is 107 Å². The number of piperidine rings is 1. The molecule has 2 rings (SSSR count). The summed E-state index contributed by atoms with van der Waals surface area (Å²) in [6, 6.07) is -0.152. The summed E-state index contributed by atoms with van der Waals surface area (Å²) < 4.78 is 0. The molecule has 0 aromatic heterocycles. The lowest BCUT2D eigenvalue weighted by molar-refractivity contribution is -0.150. The summed E-state index contributed by atoms with van der Waals surface area (Å²) in [4.78, 5) is 34.9. The van der Waals surface area contributed by atoms with Crippen molar-refractivity contribution in [1.82, 2.24) is 10.2 Å². The van der Waals surface area contributed by atoms with E-state index >= 15 is 0 Å². The maximum absolute atomic E-state index is 12.4. The summed E-state index contributed by atoms with van der Waals surface area (Å²) in [5.74, 6) is -2.22. The lowest BCUT2D eigenvalue weighted by Crippen LogP contribution is -2.56. The molecule has 2 aliphatic rings. The fourth-order valence-corrected chi connectivity index (χ4v) is 3.45. The average molecular weight is 298 g/mol. The van der Waals surface area contributed by atoms with Crippen molar-refractivity contribution in [3.8, 4) is 0 Å². The van der Waals surface area contributed by atoms with Crippen LogP contribution in [0.25, 0.3) is 0 Å². The van der Waals surface area contributed by atoms with Crippen LogP contribution in [0.3, 0.4) is 0 Å². The number of amides is 1. The van der Waals surface area contributed by atoms with Crippen molar-refractivity contribution in [2.24, 2.45) is 5.92 Å². The van der Waals surface area contributed by atoms with Crippen molar-refractivity contribution in [1.29, 1.82) is 0 Å². The van der Waals surface area contributed by atoms with Crippen LogP contribution in [-0.2, 0) is 14.4 Å². The van der Waals surface area contributed by atoms with E-state index in [0.717, 1.165) is 24.2 Å². The van der Waals surface area contributed by atoms with Crippen molar-refractivity contribution >= 4 is 17.8 Å². The smallest absolute Gasteiger partial charge is 0.323 e. The van der Waals surface area contributed by atoms with Crippen LogP contribution in [0.1, 0.15) is 38.5 Å². The second-order valence-corrected chi connectivity index (χ2v) is 5.93. The Morgan fingerprint density at radius 2 is 1.57 bits per heavy atom. The molecule has 118 valence electrons. The third-order valence-corrected chi connectivity index (χ3v) is 4.41. The molecule has 21 heavy (non-hydrogen) atoms. The molecule has 3 unspecified atom stereocenters. The number of nitrogens with zero attached hydrogens (tertiary/aromatic N) is 1. The van der Waals surface area contributed by atoms with E-state index in [0.29, 0.717) is 18.4 Å². The van der Waals surface area contributed by atoms with Gasteiger partial charge in [0.2, 0.25) is 5.91 Å². The van der Waals surface area contributed by atoms with E-state index in [1.807, 2.05) is 0 Å². The summed E-state index contributed by atoms with van der Waals surface area (Å²) >= 11 is 0. The number of nitrogens with one attached hydrogen (secondary N) is 1. The normalized spacial score (nSPS) is 28.5. The first-order valence-electron chi connectivity index (χ1n) is 7.46. The van der Waals surface area contributed by atoms with E-state index < -0.39 is 37.0 Å². The maximum Gasteiger partial charge on any atom is 0.323 e. The van der Waals surface area contributed by atoms with Crippen LogP contribution in [-0.4, -0.2) is 58.1 Å². The molecule has 1 saturated heterocycles. The van der Waals surface area contributed by atoms with E-state index in [9.17, 15) is 14.4 Å². The molecule has 1 aliphatic carbocycles. The molecule has 1 saturated carbocycles. The Morgan fingerprint density at radius 3 is 2.19 bits per heavy atom. The molecule has 0 bridgehead atoms. The highest BCUT2D eigenvalue weighted by Crippen LogP contribution is 2.32. The van der Waals surface area contributed by atoms with Crippen molar-refractivity contribution in [3.05, 3.63) is 0 Å². The predicted molar refractivity (Wildman–Crippen MR) is 73.8 cm³/mol. The summed E-state index contributed by atoms with van der Waals surface area (Å²) in [6.45, 7) is -1.14. The molecule has 1 aliphatic heterocycles. The van der Waals surface area contributed by atoms with Gasteiger partial charge in [0.25, 0.3) is 0 Å². The highest BCUT2D eigenvalue weighted by Gasteiger charge is 2.36. The van der Waals surface area contributed by atoms with Crippen LogP contribution in [0.2, 0.25) is 0 Å². The first-order chi connectivity index (χ1) is 9.97. The van der Waals surface area contributed by atoms with Crippen molar-refractivity contribution < 1.29 is 24.6 Å². The zero-order valence-corrected chi connectivity index (χ0v) is 12.0. The third-order valence-electron chi connectivity index (χ3n) is 4.41. The predicted octanol–water partition coefficient (Wildman–Crippen LogP) is 0.295. The summed E-state index contributed by atoms with van der Waals surface area (Å²) in [5.41, 5.74) is 0. The molecule has 0 spiro atoms. The second-order valence-electron chi connectivity index (χ2n) is 5.93. The van der Waals surface area contributed by atoms with E-state index in [1.165, 1.54) is 12.8 Å². The minimum Gasteiger partial charge on any atom is -0.480 e.